The van der Waals surface area contributed by atoms with Crippen LogP contribution in [0.3, 0.4) is 0 Å². The third kappa shape index (κ3) is 3.32. The summed E-state index contributed by atoms with van der Waals surface area (Å²) >= 11 is 0. The third-order valence-corrected chi connectivity index (χ3v) is 2.78. The van der Waals surface area contributed by atoms with E-state index in [0.717, 1.165) is 5.69 Å². The third-order valence-electron chi connectivity index (χ3n) is 2.78. The molecular formula is C13H16ClN5O2. The normalized spacial score (nSPS) is 9.62. The Labute approximate surface area is 128 Å². The average molecular weight is 310 g/mol. The highest BCUT2D eigenvalue weighted by molar-refractivity contribution is 6.02. The summed E-state index contributed by atoms with van der Waals surface area (Å²) in [5.41, 5.74) is 12.1. The first kappa shape index (κ1) is 16.5. The van der Waals surface area contributed by atoms with Gasteiger partial charge in [0, 0.05) is 0 Å². The molecule has 1 aromatic carbocycles. The second-order valence-electron chi connectivity index (χ2n) is 4.07. The van der Waals surface area contributed by atoms with Crippen molar-refractivity contribution in [2.24, 2.45) is 16.5 Å². The predicted octanol–water partition coefficient (Wildman–Crippen LogP) is 1.02. The molecule has 0 aliphatic rings. The van der Waals surface area contributed by atoms with Crippen LogP contribution in [0.2, 0.25) is 0 Å². The maximum absolute atomic E-state index is 11.8. The molecule has 8 heteroatoms. The molecule has 2 rings (SSSR count). The van der Waals surface area contributed by atoms with Gasteiger partial charge in [-0.2, -0.15) is 10.1 Å². The van der Waals surface area contributed by atoms with Crippen molar-refractivity contribution in [3.63, 3.8) is 0 Å². The first-order valence-corrected chi connectivity index (χ1v) is 5.86. The lowest BCUT2D eigenvalue weighted by Gasteiger charge is -2.09. The summed E-state index contributed by atoms with van der Waals surface area (Å²) in [5.74, 6) is -0.150. The molecule has 0 spiro atoms. The minimum Gasteiger partial charge on any atom is -0.494 e. The zero-order chi connectivity index (χ0) is 14.7. The Morgan fingerprint density at radius 1 is 1.33 bits per heavy atom. The van der Waals surface area contributed by atoms with Crippen LogP contribution in [0.25, 0.3) is 5.69 Å². The standard InChI is InChI=1S/C13H15N5O2.ClH/c1-8-9(12(19)17-13(14)15)7-16-18(8)10-5-3-4-6-11(10)20-2;/h3-7H,1-2H3,(H4,14,15,17,19);1H. The van der Waals surface area contributed by atoms with Crippen molar-refractivity contribution < 1.29 is 9.53 Å². The van der Waals surface area contributed by atoms with E-state index in [0.29, 0.717) is 17.0 Å². The minimum atomic E-state index is -0.524. The van der Waals surface area contributed by atoms with Crippen molar-refractivity contribution in [2.45, 2.75) is 6.92 Å². The lowest BCUT2D eigenvalue weighted by atomic mass is 10.2. The molecule has 2 aromatic rings. The van der Waals surface area contributed by atoms with E-state index < -0.39 is 5.91 Å². The first-order valence-electron chi connectivity index (χ1n) is 5.86. The maximum atomic E-state index is 11.8. The number of nitrogens with zero attached hydrogens (tertiary/aromatic N) is 3. The lowest BCUT2D eigenvalue weighted by molar-refractivity contribution is 0.100. The number of ether oxygens (including phenoxy) is 1. The molecule has 4 N–H and O–H groups in total. The van der Waals surface area contributed by atoms with Crippen molar-refractivity contribution in [2.75, 3.05) is 7.11 Å². The number of nitrogens with two attached hydrogens (primary N) is 2. The summed E-state index contributed by atoms with van der Waals surface area (Å²) < 4.78 is 6.88. The molecule has 0 saturated carbocycles. The lowest BCUT2D eigenvalue weighted by Crippen LogP contribution is -2.24. The fraction of sp³-hybridized carbons (Fsp3) is 0.154. The SMILES string of the molecule is COc1ccccc1-n1ncc(C(=O)N=C(N)N)c1C.Cl. The quantitative estimate of drug-likeness (QED) is 0.650. The Morgan fingerprint density at radius 3 is 2.62 bits per heavy atom. The maximum Gasteiger partial charge on any atom is 0.283 e. The molecule has 0 aliphatic carbocycles. The number of hydrogen-bond acceptors (Lipinski definition) is 3. The van der Waals surface area contributed by atoms with E-state index in [1.807, 2.05) is 24.3 Å². The van der Waals surface area contributed by atoms with Crippen LogP contribution < -0.4 is 16.2 Å². The number of para-hydroxylation sites is 2. The van der Waals surface area contributed by atoms with Gasteiger partial charge in [-0.3, -0.25) is 4.79 Å². The topological polar surface area (TPSA) is 109 Å². The summed E-state index contributed by atoms with van der Waals surface area (Å²) in [6.07, 6.45) is 1.43. The number of methoxy groups -OCH3 is 1. The fourth-order valence-electron chi connectivity index (χ4n) is 1.84. The molecular weight excluding hydrogens is 294 g/mol. The van der Waals surface area contributed by atoms with Crippen LogP contribution in [-0.2, 0) is 0 Å². The molecule has 1 heterocycles. The van der Waals surface area contributed by atoms with Crippen molar-refractivity contribution >= 4 is 24.3 Å². The van der Waals surface area contributed by atoms with E-state index in [9.17, 15) is 4.79 Å². The Kier molecular flexibility index (Phi) is 5.31. The number of guanidine groups is 1. The van der Waals surface area contributed by atoms with Gasteiger partial charge in [-0.05, 0) is 19.1 Å². The van der Waals surface area contributed by atoms with Gasteiger partial charge in [0.2, 0.25) is 0 Å². The molecule has 1 amide bonds. The summed E-state index contributed by atoms with van der Waals surface area (Å²) in [6, 6.07) is 7.37. The summed E-state index contributed by atoms with van der Waals surface area (Å²) in [6.45, 7) is 1.76. The largest absolute Gasteiger partial charge is 0.494 e. The van der Waals surface area contributed by atoms with Gasteiger partial charge in [-0.25, -0.2) is 4.68 Å². The number of amides is 1. The van der Waals surface area contributed by atoms with Crippen molar-refractivity contribution in [1.29, 1.82) is 0 Å². The molecule has 112 valence electrons. The second-order valence-corrected chi connectivity index (χ2v) is 4.07. The molecule has 0 atom stereocenters. The van der Waals surface area contributed by atoms with Crippen LogP contribution in [0.4, 0.5) is 0 Å². The summed E-state index contributed by atoms with van der Waals surface area (Å²) in [5, 5.41) is 4.19. The van der Waals surface area contributed by atoms with E-state index in [1.54, 1.807) is 18.7 Å². The van der Waals surface area contributed by atoms with Crippen molar-refractivity contribution in [3.05, 3.63) is 41.7 Å². The molecule has 1 aromatic heterocycles. The number of aliphatic imine (C=N–C) groups is 1. The van der Waals surface area contributed by atoms with Crippen LogP contribution >= 0.6 is 12.4 Å². The van der Waals surface area contributed by atoms with E-state index in [-0.39, 0.29) is 18.4 Å². The highest BCUT2D eigenvalue weighted by Crippen LogP contribution is 2.24. The summed E-state index contributed by atoms with van der Waals surface area (Å²) in [7, 11) is 1.57. The molecule has 0 saturated heterocycles. The molecule has 0 fully saturated rings. The molecule has 0 unspecified atom stereocenters. The smallest absolute Gasteiger partial charge is 0.283 e. The molecule has 7 nitrogen and oxygen atoms in total. The first-order chi connectivity index (χ1) is 9.54. The van der Waals surface area contributed by atoms with Gasteiger partial charge in [0.15, 0.2) is 5.96 Å². The van der Waals surface area contributed by atoms with E-state index in [4.69, 9.17) is 16.2 Å². The van der Waals surface area contributed by atoms with Gasteiger partial charge in [-0.1, -0.05) is 12.1 Å². The number of halogens is 1. The molecule has 0 aliphatic heterocycles. The zero-order valence-corrected chi connectivity index (χ0v) is 12.4. The number of carbonyl (C=O) groups excluding carboxylic acids is 1. The minimum absolute atomic E-state index is 0. The Hall–Kier alpha value is -2.54. The molecule has 0 bridgehead atoms. The number of benzene rings is 1. The average Bonchev–Trinajstić information content (AvgIpc) is 2.79. The van der Waals surface area contributed by atoms with Gasteiger partial charge in [0.25, 0.3) is 5.91 Å². The van der Waals surface area contributed by atoms with Gasteiger partial charge < -0.3 is 16.2 Å². The Balaban J connectivity index is 0.00000220. The van der Waals surface area contributed by atoms with Crippen molar-refractivity contribution in [1.82, 2.24) is 9.78 Å². The van der Waals surface area contributed by atoms with Crippen LogP contribution in [0.15, 0.2) is 35.5 Å². The van der Waals surface area contributed by atoms with Gasteiger partial charge in [0.05, 0.1) is 24.6 Å². The number of rotatable bonds is 3. The molecule has 21 heavy (non-hydrogen) atoms. The second kappa shape index (κ2) is 6.76. The zero-order valence-electron chi connectivity index (χ0n) is 11.6. The highest BCUT2D eigenvalue weighted by atomic mass is 35.5. The van der Waals surface area contributed by atoms with Crippen LogP contribution in [-0.4, -0.2) is 28.8 Å². The fourth-order valence-corrected chi connectivity index (χ4v) is 1.84. The van der Waals surface area contributed by atoms with Crippen LogP contribution in [0, 0.1) is 6.92 Å². The Bertz CT molecular complexity index is 677. The van der Waals surface area contributed by atoms with E-state index in [1.165, 1.54) is 6.20 Å². The predicted molar refractivity (Wildman–Crippen MR) is 82.2 cm³/mol. The van der Waals surface area contributed by atoms with Gasteiger partial charge >= 0.3 is 0 Å². The van der Waals surface area contributed by atoms with Crippen molar-refractivity contribution in [3.8, 4) is 11.4 Å². The molecule has 0 radical (unpaired) electrons. The number of carbonyl (C=O) groups is 1. The monoisotopic (exact) mass is 309 g/mol. The number of hydrogen-bond donors (Lipinski definition) is 2. The summed E-state index contributed by atoms with van der Waals surface area (Å²) in [4.78, 5) is 15.3. The van der Waals surface area contributed by atoms with E-state index >= 15 is 0 Å². The van der Waals surface area contributed by atoms with Gasteiger partial charge in [0.1, 0.15) is 11.4 Å². The van der Waals surface area contributed by atoms with E-state index in [2.05, 4.69) is 10.1 Å². The van der Waals surface area contributed by atoms with Gasteiger partial charge in [-0.15, -0.1) is 12.4 Å². The Morgan fingerprint density at radius 2 is 2.00 bits per heavy atom. The van der Waals surface area contributed by atoms with Crippen LogP contribution in [0.5, 0.6) is 5.75 Å². The van der Waals surface area contributed by atoms with Crippen LogP contribution in [0.1, 0.15) is 16.1 Å². The highest BCUT2D eigenvalue weighted by Gasteiger charge is 2.16. The number of aromatic nitrogens is 2.